The topological polar surface area (TPSA) is 43.4 Å². The summed E-state index contributed by atoms with van der Waals surface area (Å²) >= 11 is 0. The minimum atomic E-state index is -0.331. The van der Waals surface area contributed by atoms with E-state index in [-0.39, 0.29) is 23.8 Å². The molecule has 0 spiro atoms. The van der Waals surface area contributed by atoms with Gasteiger partial charge in [0.05, 0.1) is 11.8 Å². The normalized spacial score (nSPS) is 41.7. The Labute approximate surface area is 90.2 Å². The van der Waals surface area contributed by atoms with Gasteiger partial charge in [0, 0.05) is 0 Å². The van der Waals surface area contributed by atoms with Crippen LogP contribution in [0.1, 0.15) is 39.5 Å². The average Bonchev–Trinajstić information content (AvgIpc) is 2.43. The molecule has 2 fully saturated rings. The fourth-order valence-corrected chi connectivity index (χ4v) is 3.03. The number of rotatable bonds is 1. The smallest absolute Gasteiger partial charge is 0.317 e. The Balaban J connectivity index is 2.14. The molecule has 0 aromatic heterocycles. The van der Waals surface area contributed by atoms with Crippen LogP contribution in [-0.2, 0) is 14.3 Å². The molecule has 0 bridgehead atoms. The monoisotopic (exact) mass is 210 g/mol. The van der Waals surface area contributed by atoms with Crippen molar-refractivity contribution in [2.75, 3.05) is 0 Å². The third-order valence-electron chi connectivity index (χ3n) is 4.02. The van der Waals surface area contributed by atoms with Gasteiger partial charge >= 0.3 is 11.9 Å². The molecular weight excluding hydrogens is 192 g/mol. The first kappa shape index (κ1) is 10.7. The van der Waals surface area contributed by atoms with Crippen molar-refractivity contribution >= 4 is 11.9 Å². The minimum absolute atomic E-state index is 0.173. The second-order valence-electron chi connectivity index (χ2n) is 4.98. The number of hydrogen-bond donors (Lipinski definition) is 0. The zero-order valence-corrected chi connectivity index (χ0v) is 9.36. The fourth-order valence-electron chi connectivity index (χ4n) is 3.03. The first-order valence-corrected chi connectivity index (χ1v) is 5.87. The van der Waals surface area contributed by atoms with Gasteiger partial charge in [-0.05, 0) is 18.3 Å². The van der Waals surface area contributed by atoms with E-state index in [0.717, 1.165) is 6.42 Å². The van der Waals surface area contributed by atoms with E-state index in [2.05, 4.69) is 6.92 Å². The van der Waals surface area contributed by atoms with Gasteiger partial charge in [-0.1, -0.05) is 33.1 Å². The zero-order chi connectivity index (χ0) is 11.0. The van der Waals surface area contributed by atoms with E-state index < -0.39 is 0 Å². The van der Waals surface area contributed by atoms with Crippen LogP contribution in [-0.4, -0.2) is 11.9 Å². The first-order valence-electron chi connectivity index (χ1n) is 5.87. The van der Waals surface area contributed by atoms with Gasteiger partial charge in [-0.15, -0.1) is 0 Å². The van der Waals surface area contributed by atoms with Crippen molar-refractivity contribution in [3.05, 3.63) is 0 Å². The molecule has 15 heavy (non-hydrogen) atoms. The number of carbonyl (C=O) groups excluding carboxylic acids is 2. The maximum Gasteiger partial charge on any atom is 0.317 e. The number of cyclic esters (lactones) is 2. The lowest BCUT2D eigenvalue weighted by Crippen LogP contribution is -2.31. The summed E-state index contributed by atoms with van der Waals surface area (Å²) in [6.45, 7) is 4.01. The maximum absolute atomic E-state index is 11.6. The lowest BCUT2D eigenvalue weighted by Gasteiger charge is -2.32. The van der Waals surface area contributed by atoms with E-state index in [0.29, 0.717) is 11.8 Å². The summed E-state index contributed by atoms with van der Waals surface area (Å²) in [5, 5.41) is 0. The molecule has 3 heteroatoms. The van der Waals surface area contributed by atoms with Gasteiger partial charge in [0.25, 0.3) is 0 Å². The molecule has 2 rings (SSSR count). The highest BCUT2D eigenvalue weighted by molar-refractivity contribution is 5.96. The van der Waals surface area contributed by atoms with Gasteiger partial charge < -0.3 is 4.74 Å². The number of hydrogen-bond acceptors (Lipinski definition) is 3. The average molecular weight is 210 g/mol. The molecule has 4 unspecified atom stereocenters. The molecule has 1 saturated carbocycles. The van der Waals surface area contributed by atoms with Crippen LogP contribution in [0.2, 0.25) is 0 Å². The minimum Gasteiger partial charge on any atom is -0.393 e. The van der Waals surface area contributed by atoms with Crippen LogP contribution >= 0.6 is 0 Å². The Morgan fingerprint density at radius 3 is 2.27 bits per heavy atom. The Bertz CT molecular complexity index is 285. The SMILES string of the molecule is CC1CCCCC1C1C(=O)OC(=O)C1C. The number of ether oxygens (including phenoxy) is 1. The van der Waals surface area contributed by atoms with Gasteiger partial charge in [-0.3, -0.25) is 9.59 Å². The van der Waals surface area contributed by atoms with Crippen LogP contribution in [0, 0.1) is 23.7 Å². The number of esters is 2. The molecule has 0 aromatic carbocycles. The quantitative estimate of drug-likeness (QED) is 0.492. The van der Waals surface area contributed by atoms with Crippen molar-refractivity contribution in [2.24, 2.45) is 23.7 Å². The highest BCUT2D eigenvalue weighted by Crippen LogP contribution is 2.41. The largest absolute Gasteiger partial charge is 0.393 e. The van der Waals surface area contributed by atoms with Crippen LogP contribution in [0.4, 0.5) is 0 Å². The summed E-state index contributed by atoms with van der Waals surface area (Å²) in [5.74, 6) is -0.123. The fraction of sp³-hybridized carbons (Fsp3) is 0.833. The zero-order valence-electron chi connectivity index (χ0n) is 9.36. The van der Waals surface area contributed by atoms with Crippen molar-refractivity contribution in [1.29, 1.82) is 0 Å². The van der Waals surface area contributed by atoms with Crippen molar-refractivity contribution in [3.8, 4) is 0 Å². The van der Waals surface area contributed by atoms with Crippen LogP contribution in [0.5, 0.6) is 0 Å². The summed E-state index contributed by atoms with van der Waals surface area (Å²) in [6.07, 6.45) is 4.68. The summed E-state index contributed by atoms with van der Waals surface area (Å²) in [4.78, 5) is 22.9. The van der Waals surface area contributed by atoms with E-state index in [4.69, 9.17) is 4.74 Å². The molecule has 1 aliphatic carbocycles. The Morgan fingerprint density at radius 2 is 1.73 bits per heavy atom. The predicted octanol–water partition coefficient (Wildman–Crippen LogP) is 2.15. The van der Waals surface area contributed by atoms with E-state index in [1.165, 1.54) is 19.3 Å². The van der Waals surface area contributed by atoms with Gasteiger partial charge in [0.1, 0.15) is 0 Å². The lowest BCUT2D eigenvalue weighted by atomic mass is 9.70. The molecule has 0 N–H and O–H groups in total. The standard InChI is InChI=1S/C12H18O3/c1-7-5-3-4-6-9(7)10-8(2)11(13)15-12(10)14/h7-10H,3-6H2,1-2H3. The molecule has 0 amide bonds. The molecule has 1 heterocycles. The highest BCUT2D eigenvalue weighted by atomic mass is 16.6. The molecule has 1 aliphatic heterocycles. The third-order valence-corrected chi connectivity index (χ3v) is 4.02. The Morgan fingerprint density at radius 1 is 1.07 bits per heavy atom. The van der Waals surface area contributed by atoms with Crippen molar-refractivity contribution < 1.29 is 14.3 Å². The molecule has 0 radical (unpaired) electrons. The van der Waals surface area contributed by atoms with Crippen molar-refractivity contribution in [1.82, 2.24) is 0 Å². The van der Waals surface area contributed by atoms with E-state index in [1.807, 2.05) is 6.92 Å². The molecular formula is C12H18O3. The van der Waals surface area contributed by atoms with Gasteiger partial charge in [-0.2, -0.15) is 0 Å². The van der Waals surface area contributed by atoms with Gasteiger partial charge in [0.15, 0.2) is 0 Å². The Kier molecular flexibility index (Phi) is 2.81. The van der Waals surface area contributed by atoms with Crippen LogP contribution < -0.4 is 0 Å². The molecule has 4 atom stereocenters. The predicted molar refractivity (Wildman–Crippen MR) is 54.9 cm³/mol. The highest BCUT2D eigenvalue weighted by Gasteiger charge is 2.47. The third kappa shape index (κ3) is 1.80. The first-order chi connectivity index (χ1) is 7.11. The Hall–Kier alpha value is -0.860. The summed E-state index contributed by atoms with van der Waals surface area (Å²) in [5.41, 5.74) is 0. The molecule has 2 aliphatic rings. The van der Waals surface area contributed by atoms with Crippen LogP contribution in [0.15, 0.2) is 0 Å². The summed E-state index contributed by atoms with van der Waals surface area (Å²) in [7, 11) is 0. The van der Waals surface area contributed by atoms with E-state index in [9.17, 15) is 9.59 Å². The molecule has 1 saturated heterocycles. The summed E-state index contributed by atoms with van der Waals surface area (Å²) in [6, 6.07) is 0. The number of carbonyl (C=O) groups is 2. The molecule has 0 aromatic rings. The molecule has 84 valence electrons. The van der Waals surface area contributed by atoms with Crippen molar-refractivity contribution in [2.45, 2.75) is 39.5 Å². The van der Waals surface area contributed by atoms with Gasteiger partial charge in [0.2, 0.25) is 0 Å². The second-order valence-corrected chi connectivity index (χ2v) is 4.98. The van der Waals surface area contributed by atoms with E-state index in [1.54, 1.807) is 0 Å². The molecule has 3 nitrogen and oxygen atoms in total. The van der Waals surface area contributed by atoms with Crippen LogP contribution in [0.25, 0.3) is 0 Å². The lowest BCUT2D eigenvalue weighted by molar-refractivity contribution is -0.154. The van der Waals surface area contributed by atoms with Gasteiger partial charge in [-0.25, -0.2) is 0 Å². The van der Waals surface area contributed by atoms with Crippen LogP contribution in [0.3, 0.4) is 0 Å². The maximum atomic E-state index is 11.6. The van der Waals surface area contributed by atoms with E-state index >= 15 is 0 Å². The summed E-state index contributed by atoms with van der Waals surface area (Å²) < 4.78 is 4.71. The second kappa shape index (κ2) is 3.95. The van der Waals surface area contributed by atoms with Crippen molar-refractivity contribution in [3.63, 3.8) is 0 Å².